The zero-order valence-electron chi connectivity index (χ0n) is 23.5. The summed E-state index contributed by atoms with van der Waals surface area (Å²) in [6.07, 6.45) is 9.41. The predicted octanol–water partition coefficient (Wildman–Crippen LogP) is 4.74. The molecule has 0 saturated carbocycles. The molecule has 2 fully saturated rings. The fraction of sp³-hybridized carbons (Fsp3) is 0.394. The molecule has 3 aromatic rings. The fourth-order valence-corrected chi connectivity index (χ4v) is 5.41. The highest BCUT2D eigenvalue weighted by atomic mass is 16.5. The number of aromatic nitrogens is 1. The van der Waals surface area contributed by atoms with Gasteiger partial charge in [0, 0.05) is 76.7 Å². The van der Waals surface area contributed by atoms with Crippen LogP contribution in [0.2, 0.25) is 0 Å². The number of piperidine rings is 1. The maximum atomic E-state index is 12.8. The van der Waals surface area contributed by atoms with Gasteiger partial charge in [0.1, 0.15) is 11.5 Å². The second kappa shape index (κ2) is 14.1. The van der Waals surface area contributed by atoms with E-state index in [1.165, 1.54) is 11.1 Å². The van der Waals surface area contributed by atoms with Gasteiger partial charge in [-0.25, -0.2) is 0 Å². The van der Waals surface area contributed by atoms with Gasteiger partial charge in [0.05, 0.1) is 13.7 Å². The molecule has 1 unspecified atom stereocenters. The Kier molecular flexibility index (Phi) is 9.82. The third-order valence-electron chi connectivity index (χ3n) is 7.77. The zero-order valence-corrected chi connectivity index (χ0v) is 23.5. The van der Waals surface area contributed by atoms with Crippen LogP contribution in [0.15, 0.2) is 79.1 Å². The van der Waals surface area contributed by atoms with E-state index in [-0.39, 0.29) is 5.91 Å². The largest absolute Gasteiger partial charge is 0.497 e. The van der Waals surface area contributed by atoms with Gasteiger partial charge in [-0.1, -0.05) is 30.3 Å². The highest BCUT2D eigenvalue weighted by molar-refractivity contribution is 5.91. The highest BCUT2D eigenvalue weighted by Crippen LogP contribution is 2.21. The van der Waals surface area contributed by atoms with Gasteiger partial charge in [-0.15, -0.1) is 0 Å². The van der Waals surface area contributed by atoms with E-state index >= 15 is 0 Å². The average molecular weight is 541 g/mol. The van der Waals surface area contributed by atoms with Gasteiger partial charge in [-0.2, -0.15) is 0 Å². The number of rotatable bonds is 10. The van der Waals surface area contributed by atoms with E-state index in [9.17, 15) is 4.79 Å². The van der Waals surface area contributed by atoms with Gasteiger partial charge >= 0.3 is 0 Å². The second-order valence-corrected chi connectivity index (χ2v) is 10.8. The van der Waals surface area contributed by atoms with Crippen LogP contribution in [0.4, 0.5) is 0 Å². The maximum absolute atomic E-state index is 12.8. The number of amides is 1. The molecule has 2 aliphatic rings. The van der Waals surface area contributed by atoms with Gasteiger partial charge in [0.15, 0.2) is 0 Å². The second-order valence-electron chi connectivity index (χ2n) is 10.8. The number of methoxy groups -OCH3 is 1. The molecule has 0 N–H and O–H groups in total. The average Bonchev–Trinajstić information content (AvgIpc) is 3.01. The third-order valence-corrected chi connectivity index (χ3v) is 7.77. The molecule has 3 heterocycles. The van der Waals surface area contributed by atoms with E-state index in [2.05, 4.69) is 45.1 Å². The van der Waals surface area contributed by atoms with Crippen LogP contribution in [0.5, 0.6) is 11.5 Å². The topological polar surface area (TPSA) is 58.1 Å². The van der Waals surface area contributed by atoms with Crippen molar-refractivity contribution in [1.82, 2.24) is 19.7 Å². The summed E-state index contributed by atoms with van der Waals surface area (Å²) in [5, 5.41) is 0. The Balaban J connectivity index is 1.02. The molecule has 0 spiro atoms. The molecular weight excluding hydrogens is 500 g/mol. The van der Waals surface area contributed by atoms with Crippen LogP contribution in [0, 0.1) is 5.92 Å². The van der Waals surface area contributed by atoms with Crippen LogP contribution in [-0.2, 0) is 17.9 Å². The molecule has 2 aliphatic heterocycles. The number of pyridine rings is 1. The maximum Gasteiger partial charge on any atom is 0.246 e. The highest BCUT2D eigenvalue weighted by Gasteiger charge is 2.23. The van der Waals surface area contributed by atoms with Crippen molar-refractivity contribution in [3.8, 4) is 11.5 Å². The first-order valence-electron chi connectivity index (χ1n) is 14.3. The molecule has 0 aliphatic carbocycles. The van der Waals surface area contributed by atoms with Crippen LogP contribution in [0.3, 0.4) is 0 Å². The van der Waals surface area contributed by atoms with E-state index in [1.54, 1.807) is 13.2 Å². The number of carbonyl (C=O) groups excluding carboxylic acids is 1. The molecule has 1 aromatic heterocycles. The Morgan fingerprint density at radius 2 is 1.60 bits per heavy atom. The smallest absolute Gasteiger partial charge is 0.246 e. The molecule has 7 heteroatoms. The molecule has 210 valence electrons. The molecule has 0 bridgehead atoms. The number of piperazine rings is 1. The number of nitrogens with zero attached hydrogens (tertiary/aromatic N) is 4. The Morgan fingerprint density at radius 1 is 0.900 bits per heavy atom. The summed E-state index contributed by atoms with van der Waals surface area (Å²) in [6, 6.07) is 20.4. The van der Waals surface area contributed by atoms with Crippen molar-refractivity contribution in [1.29, 1.82) is 0 Å². The van der Waals surface area contributed by atoms with Crippen LogP contribution in [0.1, 0.15) is 29.5 Å². The summed E-state index contributed by atoms with van der Waals surface area (Å²) < 4.78 is 11.3. The summed E-state index contributed by atoms with van der Waals surface area (Å²) in [7, 11) is 1.65. The van der Waals surface area contributed by atoms with E-state index in [0.717, 1.165) is 82.3 Å². The minimum atomic E-state index is 0.0581. The monoisotopic (exact) mass is 540 g/mol. The first-order chi connectivity index (χ1) is 19.6. The van der Waals surface area contributed by atoms with Gasteiger partial charge in [-0.05, 0) is 65.9 Å². The van der Waals surface area contributed by atoms with E-state index < -0.39 is 0 Å². The number of carbonyl (C=O) groups is 1. The summed E-state index contributed by atoms with van der Waals surface area (Å²) >= 11 is 0. The summed E-state index contributed by atoms with van der Waals surface area (Å²) in [5.41, 5.74) is 3.57. The van der Waals surface area contributed by atoms with Crippen molar-refractivity contribution in [2.24, 2.45) is 5.92 Å². The summed E-state index contributed by atoms with van der Waals surface area (Å²) in [5.74, 6) is 2.11. The van der Waals surface area contributed by atoms with E-state index in [0.29, 0.717) is 12.5 Å². The minimum Gasteiger partial charge on any atom is -0.497 e. The van der Waals surface area contributed by atoms with Crippen molar-refractivity contribution in [2.75, 3.05) is 53.0 Å². The van der Waals surface area contributed by atoms with E-state index in [4.69, 9.17) is 9.47 Å². The van der Waals surface area contributed by atoms with Crippen molar-refractivity contribution >= 4 is 12.0 Å². The third kappa shape index (κ3) is 8.16. The first-order valence-corrected chi connectivity index (χ1v) is 14.3. The summed E-state index contributed by atoms with van der Waals surface area (Å²) in [4.78, 5) is 24.0. The van der Waals surface area contributed by atoms with Gasteiger partial charge < -0.3 is 14.4 Å². The zero-order chi connectivity index (χ0) is 27.6. The number of hydrogen-bond donors (Lipinski definition) is 0. The molecule has 2 aromatic carbocycles. The molecule has 2 saturated heterocycles. The van der Waals surface area contributed by atoms with Crippen molar-refractivity contribution < 1.29 is 14.3 Å². The molecule has 1 amide bonds. The Bertz CT molecular complexity index is 1220. The fourth-order valence-electron chi connectivity index (χ4n) is 5.41. The van der Waals surface area contributed by atoms with Gasteiger partial charge in [0.25, 0.3) is 0 Å². The van der Waals surface area contributed by atoms with Gasteiger partial charge in [-0.3, -0.25) is 19.6 Å². The lowest BCUT2D eigenvalue weighted by molar-refractivity contribution is -0.127. The molecular formula is C33H40N4O3. The lowest BCUT2D eigenvalue weighted by Crippen LogP contribution is -2.45. The number of hydrogen-bond acceptors (Lipinski definition) is 6. The lowest BCUT2D eigenvalue weighted by Gasteiger charge is -2.34. The van der Waals surface area contributed by atoms with Crippen LogP contribution in [-0.4, -0.2) is 78.6 Å². The quantitative estimate of drug-likeness (QED) is 0.347. The standard InChI is InChI=1S/C33H40N4O3/c1-39-31-11-6-27(7-12-31)10-15-33(38)37-17-3-5-30(25-37)26-40-32-13-8-28(9-14-32)23-35-18-20-36(21-19-35)24-29-4-2-16-34-22-29/h2,4,6-16,22,30H,3,5,17-21,23-26H2,1H3. The SMILES string of the molecule is COc1ccc(C=CC(=O)N2CCCC(COc3ccc(CN4CCN(Cc5cccnc5)CC4)cc3)C2)cc1. The Morgan fingerprint density at radius 3 is 2.27 bits per heavy atom. The summed E-state index contributed by atoms with van der Waals surface area (Å²) in [6.45, 7) is 8.40. The number of likely N-dealkylation sites (tertiary alicyclic amines) is 1. The predicted molar refractivity (Wildman–Crippen MR) is 158 cm³/mol. The van der Waals surface area contributed by atoms with E-state index in [1.807, 2.05) is 53.7 Å². The number of benzene rings is 2. The Hall–Kier alpha value is -3.68. The molecule has 1 atom stereocenters. The lowest BCUT2D eigenvalue weighted by atomic mass is 9.99. The van der Waals surface area contributed by atoms with Crippen molar-refractivity contribution in [2.45, 2.75) is 25.9 Å². The molecule has 0 radical (unpaired) electrons. The Labute approximate surface area is 238 Å². The molecule has 40 heavy (non-hydrogen) atoms. The van der Waals surface area contributed by atoms with Gasteiger partial charge in [0.2, 0.25) is 5.91 Å². The first kappa shape index (κ1) is 27.9. The van der Waals surface area contributed by atoms with Crippen molar-refractivity contribution in [3.05, 3.63) is 95.8 Å². The van der Waals surface area contributed by atoms with Crippen LogP contribution in [0.25, 0.3) is 6.08 Å². The van der Waals surface area contributed by atoms with Crippen molar-refractivity contribution in [3.63, 3.8) is 0 Å². The molecule has 5 rings (SSSR count). The van der Waals surface area contributed by atoms with Crippen LogP contribution < -0.4 is 9.47 Å². The minimum absolute atomic E-state index is 0.0581. The number of ether oxygens (including phenoxy) is 2. The molecule has 7 nitrogen and oxygen atoms in total. The normalized spacial score (nSPS) is 18.6. The van der Waals surface area contributed by atoms with Crippen LogP contribution >= 0.6 is 0 Å².